The van der Waals surface area contributed by atoms with Gasteiger partial charge in [-0.05, 0) is 30.5 Å². The van der Waals surface area contributed by atoms with E-state index in [0.717, 1.165) is 24.2 Å². The second-order valence-electron chi connectivity index (χ2n) is 4.96. The van der Waals surface area contributed by atoms with E-state index < -0.39 is 10.0 Å². The van der Waals surface area contributed by atoms with Crippen molar-refractivity contribution < 1.29 is 13.2 Å². The van der Waals surface area contributed by atoms with Gasteiger partial charge in [0.25, 0.3) is 10.0 Å². The fourth-order valence-corrected chi connectivity index (χ4v) is 4.28. The van der Waals surface area contributed by atoms with Crippen molar-refractivity contribution in [3.05, 3.63) is 42.4 Å². The summed E-state index contributed by atoms with van der Waals surface area (Å²) in [6.45, 7) is 0.526. The Labute approximate surface area is 123 Å². The average Bonchev–Trinajstić information content (AvgIpc) is 3.19. The molecular formula is C14H17N3O3S. The van der Waals surface area contributed by atoms with E-state index in [-0.39, 0.29) is 11.1 Å². The first-order chi connectivity index (χ1) is 10.1. The number of aromatic nitrogens is 2. The standard InChI is InChI=1S/C14H17N3O3S/c1-20-12-6-4-11(5-7-12)13-3-2-8-17(13)21(18,19)14-9-15-10-16-14/h4-7,9-10,13H,2-3,8H2,1H3,(H,15,16). The molecule has 1 atom stereocenters. The number of imidazole rings is 1. The molecule has 0 amide bonds. The normalized spacial score (nSPS) is 19.8. The van der Waals surface area contributed by atoms with Crippen molar-refractivity contribution >= 4 is 10.0 Å². The largest absolute Gasteiger partial charge is 0.497 e. The van der Waals surface area contributed by atoms with E-state index in [1.165, 1.54) is 12.5 Å². The molecule has 0 saturated carbocycles. The lowest BCUT2D eigenvalue weighted by atomic mass is 10.1. The molecule has 1 unspecified atom stereocenters. The van der Waals surface area contributed by atoms with Crippen LogP contribution in [0.3, 0.4) is 0 Å². The molecule has 6 nitrogen and oxygen atoms in total. The van der Waals surface area contributed by atoms with E-state index in [1.54, 1.807) is 11.4 Å². The molecular weight excluding hydrogens is 290 g/mol. The maximum atomic E-state index is 12.6. The van der Waals surface area contributed by atoms with Crippen LogP contribution < -0.4 is 4.74 Å². The lowest BCUT2D eigenvalue weighted by Crippen LogP contribution is -2.30. The zero-order valence-corrected chi connectivity index (χ0v) is 12.5. The molecule has 0 radical (unpaired) electrons. The number of methoxy groups -OCH3 is 1. The molecule has 0 spiro atoms. The fraction of sp³-hybridized carbons (Fsp3) is 0.357. The zero-order valence-electron chi connectivity index (χ0n) is 11.7. The molecule has 7 heteroatoms. The van der Waals surface area contributed by atoms with Crippen LogP contribution in [0.25, 0.3) is 0 Å². The number of benzene rings is 1. The van der Waals surface area contributed by atoms with Gasteiger partial charge in [0.15, 0.2) is 5.03 Å². The van der Waals surface area contributed by atoms with Gasteiger partial charge in [0.05, 0.1) is 25.7 Å². The van der Waals surface area contributed by atoms with Gasteiger partial charge in [0.2, 0.25) is 0 Å². The quantitative estimate of drug-likeness (QED) is 0.936. The Balaban J connectivity index is 1.92. The molecule has 1 N–H and O–H groups in total. The summed E-state index contributed by atoms with van der Waals surface area (Å²) in [5.41, 5.74) is 0.983. The third-order valence-electron chi connectivity index (χ3n) is 3.76. The number of ether oxygens (including phenoxy) is 1. The van der Waals surface area contributed by atoms with E-state index in [9.17, 15) is 8.42 Å². The Morgan fingerprint density at radius 2 is 2.10 bits per heavy atom. The predicted octanol–water partition coefficient (Wildman–Crippen LogP) is 1.94. The van der Waals surface area contributed by atoms with Gasteiger partial charge >= 0.3 is 0 Å². The Morgan fingerprint density at radius 1 is 1.33 bits per heavy atom. The average molecular weight is 307 g/mol. The van der Waals surface area contributed by atoms with E-state index in [0.29, 0.717) is 6.54 Å². The smallest absolute Gasteiger partial charge is 0.260 e. The molecule has 1 fully saturated rings. The van der Waals surface area contributed by atoms with Crippen molar-refractivity contribution in [3.63, 3.8) is 0 Å². The number of hydrogen-bond acceptors (Lipinski definition) is 4. The monoisotopic (exact) mass is 307 g/mol. The minimum Gasteiger partial charge on any atom is -0.497 e. The van der Waals surface area contributed by atoms with Crippen LogP contribution in [0.4, 0.5) is 0 Å². The minimum atomic E-state index is -3.52. The van der Waals surface area contributed by atoms with E-state index in [4.69, 9.17) is 4.74 Å². The number of nitrogens with zero attached hydrogens (tertiary/aromatic N) is 2. The van der Waals surface area contributed by atoms with Crippen molar-refractivity contribution in [1.82, 2.24) is 14.3 Å². The summed E-state index contributed by atoms with van der Waals surface area (Å²) in [7, 11) is -1.91. The molecule has 2 heterocycles. The number of nitrogens with one attached hydrogen (secondary N) is 1. The van der Waals surface area contributed by atoms with E-state index in [2.05, 4.69) is 9.97 Å². The van der Waals surface area contributed by atoms with Gasteiger partial charge in [0, 0.05) is 6.54 Å². The van der Waals surface area contributed by atoms with Crippen LogP contribution in [0.1, 0.15) is 24.4 Å². The Morgan fingerprint density at radius 3 is 2.71 bits per heavy atom. The van der Waals surface area contributed by atoms with Crippen LogP contribution in [0.15, 0.2) is 41.8 Å². The molecule has 1 aromatic heterocycles. The van der Waals surface area contributed by atoms with E-state index >= 15 is 0 Å². The third-order valence-corrected chi connectivity index (χ3v) is 5.60. The third kappa shape index (κ3) is 2.54. The first-order valence-electron chi connectivity index (χ1n) is 6.77. The molecule has 0 bridgehead atoms. The van der Waals surface area contributed by atoms with Crippen molar-refractivity contribution in [2.24, 2.45) is 0 Å². The summed E-state index contributed by atoms with van der Waals surface area (Å²) < 4.78 is 31.9. The summed E-state index contributed by atoms with van der Waals surface area (Å²) in [5.74, 6) is 0.764. The van der Waals surface area contributed by atoms with Crippen LogP contribution in [0.5, 0.6) is 5.75 Å². The minimum absolute atomic E-state index is 0.135. The number of rotatable bonds is 4. The summed E-state index contributed by atoms with van der Waals surface area (Å²) >= 11 is 0. The maximum Gasteiger partial charge on any atom is 0.260 e. The molecule has 0 aliphatic carbocycles. The zero-order chi connectivity index (χ0) is 14.9. The SMILES string of the molecule is COc1ccc(C2CCCN2S(=O)(=O)c2cnc[nH]2)cc1. The lowest BCUT2D eigenvalue weighted by Gasteiger charge is -2.23. The molecule has 112 valence electrons. The second kappa shape index (κ2) is 5.50. The highest BCUT2D eigenvalue weighted by Gasteiger charge is 2.36. The highest BCUT2D eigenvalue weighted by atomic mass is 32.2. The molecule has 1 aliphatic rings. The van der Waals surface area contributed by atoms with Gasteiger partial charge in [-0.2, -0.15) is 4.31 Å². The van der Waals surface area contributed by atoms with Crippen LogP contribution in [0, 0.1) is 0 Å². The first-order valence-corrected chi connectivity index (χ1v) is 8.21. The molecule has 21 heavy (non-hydrogen) atoms. The topological polar surface area (TPSA) is 75.3 Å². The van der Waals surface area contributed by atoms with Gasteiger partial charge in [-0.25, -0.2) is 13.4 Å². The Bertz CT molecular complexity index is 696. The van der Waals surface area contributed by atoms with Gasteiger partial charge in [0.1, 0.15) is 5.75 Å². The summed E-state index contributed by atoms with van der Waals surface area (Å²) in [6, 6.07) is 7.42. The summed E-state index contributed by atoms with van der Waals surface area (Å²) in [4.78, 5) is 6.49. The Kier molecular flexibility index (Phi) is 3.69. The van der Waals surface area contributed by atoms with E-state index in [1.807, 2.05) is 24.3 Å². The predicted molar refractivity (Wildman–Crippen MR) is 77.4 cm³/mol. The maximum absolute atomic E-state index is 12.6. The van der Waals surface area contributed by atoms with Gasteiger partial charge in [-0.1, -0.05) is 12.1 Å². The van der Waals surface area contributed by atoms with Crippen molar-refractivity contribution in [3.8, 4) is 5.75 Å². The highest BCUT2D eigenvalue weighted by Crippen LogP contribution is 2.36. The Hall–Kier alpha value is -1.86. The van der Waals surface area contributed by atoms with Gasteiger partial charge in [-0.3, -0.25) is 0 Å². The molecule has 3 rings (SSSR count). The molecule has 1 saturated heterocycles. The lowest BCUT2D eigenvalue weighted by molar-refractivity contribution is 0.393. The van der Waals surface area contributed by atoms with Crippen LogP contribution in [0.2, 0.25) is 0 Å². The number of hydrogen-bond donors (Lipinski definition) is 1. The molecule has 1 aromatic carbocycles. The highest BCUT2D eigenvalue weighted by molar-refractivity contribution is 7.89. The number of H-pyrrole nitrogens is 1. The summed E-state index contributed by atoms with van der Waals surface area (Å²) in [6.07, 6.45) is 4.40. The van der Waals surface area contributed by atoms with Crippen molar-refractivity contribution in [1.29, 1.82) is 0 Å². The van der Waals surface area contributed by atoms with Gasteiger partial charge < -0.3 is 9.72 Å². The molecule has 2 aromatic rings. The van der Waals surface area contributed by atoms with Gasteiger partial charge in [-0.15, -0.1) is 0 Å². The second-order valence-corrected chi connectivity index (χ2v) is 6.82. The van der Waals surface area contributed by atoms with Crippen molar-refractivity contribution in [2.75, 3.05) is 13.7 Å². The van der Waals surface area contributed by atoms with Crippen LogP contribution in [-0.2, 0) is 10.0 Å². The molecule has 1 aliphatic heterocycles. The van der Waals surface area contributed by atoms with Crippen LogP contribution in [-0.4, -0.2) is 36.3 Å². The number of sulfonamides is 1. The fourth-order valence-electron chi connectivity index (χ4n) is 2.70. The first kappa shape index (κ1) is 14.1. The number of aromatic amines is 1. The van der Waals surface area contributed by atoms with Crippen LogP contribution >= 0.6 is 0 Å². The van der Waals surface area contributed by atoms with Crippen molar-refractivity contribution in [2.45, 2.75) is 23.9 Å². The summed E-state index contributed by atoms with van der Waals surface area (Å²) in [5, 5.41) is 0.142.